The van der Waals surface area contributed by atoms with Crippen molar-refractivity contribution in [2.24, 2.45) is 5.92 Å². The largest absolute Gasteiger partial charge is 0.394 e. The molecule has 3 atom stereocenters. The SMILES string of the molecule is C=CCC#CC[C@@H](C)[C@H](OCc1ccccc1)[C@H](O)CO. The standard InChI is InChI=1S/C18H24O3/c1-3-4-5-7-10-15(2)18(17(20)13-19)21-14-16-11-8-6-9-12-16/h3,6,8-9,11-12,15,17-20H,1,4,10,13-14H2,2H3/t15-,17-,18+/m1/s1. The maximum absolute atomic E-state index is 9.93. The lowest BCUT2D eigenvalue weighted by Crippen LogP contribution is -2.37. The molecule has 0 heterocycles. The van der Waals surface area contributed by atoms with Gasteiger partial charge in [0.2, 0.25) is 0 Å². The first-order chi connectivity index (χ1) is 10.2. The minimum absolute atomic E-state index is 0.0353. The Balaban J connectivity index is 2.58. The van der Waals surface area contributed by atoms with Gasteiger partial charge in [-0.3, -0.25) is 0 Å². The average Bonchev–Trinajstić information content (AvgIpc) is 2.52. The van der Waals surface area contributed by atoms with Crippen LogP contribution >= 0.6 is 0 Å². The molecule has 0 aromatic heterocycles. The van der Waals surface area contributed by atoms with Crippen LogP contribution in [0.5, 0.6) is 0 Å². The fraction of sp³-hybridized carbons (Fsp3) is 0.444. The minimum atomic E-state index is -0.898. The van der Waals surface area contributed by atoms with Crippen molar-refractivity contribution < 1.29 is 14.9 Å². The van der Waals surface area contributed by atoms with Crippen molar-refractivity contribution in [3.05, 3.63) is 48.6 Å². The third-order valence-corrected chi connectivity index (χ3v) is 3.21. The van der Waals surface area contributed by atoms with E-state index in [-0.39, 0.29) is 12.5 Å². The molecule has 0 bridgehead atoms. The highest BCUT2D eigenvalue weighted by molar-refractivity contribution is 5.13. The van der Waals surface area contributed by atoms with Gasteiger partial charge in [0.05, 0.1) is 19.3 Å². The third kappa shape index (κ3) is 6.59. The minimum Gasteiger partial charge on any atom is -0.394 e. The van der Waals surface area contributed by atoms with Crippen molar-refractivity contribution in [1.29, 1.82) is 0 Å². The van der Waals surface area contributed by atoms with E-state index in [1.807, 2.05) is 37.3 Å². The van der Waals surface area contributed by atoms with E-state index in [0.29, 0.717) is 19.4 Å². The number of hydrogen-bond donors (Lipinski definition) is 2. The molecular formula is C18H24O3. The van der Waals surface area contributed by atoms with E-state index in [2.05, 4.69) is 18.4 Å². The molecule has 0 fully saturated rings. The number of ether oxygens (including phenoxy) is 1. The van der Waals surface area contributed by atoms with Gasteiger partial charge >= 0.3 is 0 Å². The summed E-state index contributed by atoms with van der Waals surface area (Å²) in [5.74, 6) is 6.07. The Morgan fingerprint density at radius 3 is 2.62 bits per heavy atom. The zero-order valence-electron chi connectivity index (χ0n) is 12.5. The van der Waals surface area contributed by atoms with Crippen LogP contribution < -0.4 is 0 Å². The Kier molecular flexibility index (Phi) is 8.45. The van der Waals surface area contributed by atoms with Crippen LogP contribution in [0.3, 0.4) is 0 Å². The van der Waals surface area contributed by atoms with Gasteiger partial charge in [0.1, 0.15) is 6.10 Å². The van der Waals surface area contributed by atoms with Crippen LogP contribution in [0.4, 0.5) is 0 Å². The van der Waals surface area contributed by atoms with Gasteiger partial charge in [-0.15, -0.1) is 12.5 Å². The molecule has 0 saturated heterocycles. The van der Waals surface area contributed by atoms with E-state index < -0.39 is 12.2 Å². The molecule has 1 rings (SSSR count). The lowest BCUT2D eigenvalue weighted by Gasteiger charge is -2.26. The van der Waals surface area contributed by atoms with Gasteiger partial charge in [0.25, 0.3) is 0 Å². The lowest BCUT2D eigenvalue weighted by atomic mass is 9.96. The summed E-state index contributed by atoms with van der Waals surface area (Å²) in [5.41, 5.74) is 1.04. The van der Waals surface area contributed by atoms with Gasteiger partial charge in [0, 0.05) is 12.8 Å². The second-order valence-electron chi connectivity index (χ2n) is 5.04. The third-order valence-electron chi connectivity index (χ3n) is 3.21. The molecule has 0 amide bonds. The van der Waals surface area contributed by atoms with Crippen LogP contribution in [0.2, 0.25) is 0 Å². The molecular weight excluding hydrogens is 264 g/mol. The van der Waals surface area contributed by atoms with Gasteiger partial charge < -0.3 is 14.9 Å². The molecule has 0 saturated carbocycles. The Bertz CT molecular complexity index is 458. The summed E-state index contributed by atoms with van der Waals surface area (Å²) in [5, 5.41) is 19.1. The quantitative estimate of drug-likeness (QED) is 0.571. The molecule has 2 N–H and O–H groups in total. The summed E-state index contributed by atoms with van der Waals surface area (Å²) in [6.07, 6.45) is 1.69. The Hall–Kier alpha value is -1.60. The number of aliphatic hydroxyl groups excluding tert-OH is 2. The Morgan fingerprint density at radius 2 is 2.00 bits per heavy atom. The molecule has 1 aromatic carbocycles. The summed E-state index contributed by atoms with van der Waals surface area (Å²) in [7, 11) is 0. The van der Waals surface area contributed by atoms with Crippen molar-refractivity contribution in [1.82, 2.24) is 0 Å². The maximum atomic E-state index is 9.93. The molecule has 0 spiro atoms. The smallest absolute Gasteiger partial charge is 0.103 e. The highest BCUT2D eigenvalue weighted by Crippen LogP contribution is 2.17. The van der Waals surface area contributed by atoms with Crippen molar-refractivity contribution in [2.75, 3.05) is 6.61 Å². The molecule has 0 aliphatic rings. The van der Waals surface area contributed by atoms with Crippen molar-refractivity contribution >= 4 is 0 Å². The first kappa shape index (κ1) is 17.5. The average molecular weight is 288 g/mol. The molecule has 3 nitrogen and oxygen atoms in total. The first-order valence-corrected chi connectivity index (χ1v) is 7.20. The highest BCUT2D eigenvalue weighted by atomic mass is 16.5. The van der Waals surface area contributed by atoms with Crippen LogP contribution in [-0.2, 0) is 11.3 Å². The summed E-state index contributed by atoms with van der Waals surface area (Å²) < 4.78 is 5.80. The topological polar surface area (TPSA) is 49.7 Å². The molecule has 0 aliphatic heterocycles. The number of rotatable bonds is 8. The predicted molar refractivity (Wildman–Crippen MR) is 84.5 cm³/mol. The fourth-order valence-corrected chi connectivity index (χ4v) is 2.02. The monoisotopic (exact) mass is 288 g/mol. The molecule has 1 aromatic rings. The van der Waals surface area contributed by atoms with Crippen LogP contribution in [0, 0.1) is 17.8 Å². The molecule has 0 aliphatic carbocycles. The molecule has 114 valence electrons. The van der Waals surface area contributed by atoms with E-state index in [0.717, 1.165) is 5.56 Å². The predicted octanol–water partition coefficient (Wildman–Crippen LogP) is 2.53. The van der Waals surface area contributed by atoms with Gasteiger partial charge in [-0.2, -0.15) is 0 Å². The summed E-state index contributed by atoms with van der Waals surface area (Å²) in [6, 6.07) is 9.77. The Labute approximate surface area is 127 Å². The van der Waals surface area contributed by atoms with Crippen LogP contribution in [0.25, 0.3) is 0 Å². The van der Waals surface area contributed by atoms with Gasteiger partial charge in [0.15, 0.2) is 0 Å². The number of hydrogen-bond acceptors (Lipinski definition) is 3. The molecule has 0 radical (unpaired) electrons. The van der Waals surface area contributed by atoms with E-state index in [1.54, 1.807) is 6.08 Å². The van der Waals surface area contributed by atoms with Crippen LogP contribution in [-0.4, -0.2) is 29.0 Å². The molecule has 0 unspecified atom stereocenters. The second-order valence-corrected chi connectivity index (χ2v) is 5.04. The number of benzene rings is 1. The second kappa shape index (κ2) is 10.2. The van der Waals surface area contributed by atoms with Crippen molar-refractivity contribution in [3.8, 4) is 11.8 Å². The van der Waals surface area contributed by atoms with Gasteiger partial charge in [-0.05, 0) is 11.5 Å². The lowest BCUT2D eigenvalue weighted by molar-refractivity contribution is -0.0880. The first-order valence-electron chi connectivity index (χ1n) is 7.20. The van der Waals surface area contributed by atoms with E-state index in [1.165, 1.54) is 0 Å². The Morgan fingerprint density at radius 1 is 1.29 bits per heavy atom. The molecule has 21 heavy (non-hydrogen) atoms. The van der Waals surface area contributed by atoms with E-state index in [9.17, 15) is 10.2 Å². The van der Waals surface area contributed by atoms with Crippen LogP contribution in [0.1, 0.15) is 25.3 Å². The van der Waals surface area contributed by atoms with Crippen molar-refractivity contribution in [2.45, 2.75) is 38.6 Å². The van der Waals surface area contributed by atoms with E-state index in [4.69, 9.17) is 4.74 Å². The summed E-state index contributed by atoms with van der Waals surface area (Å²) >= 11 is 0. The maximum Gasteiger partial charge on any atom is 0.103 e. The fourth-order valence-electron chi connectivity index (χ4n) is 2.02. The van der Waals surface area contributed by atoms with Gasteiger partial charge in [-0.1, -0.05) is 49.3 Å². The van der Waals surface area contributed by atoms with Crippen molar-refractivity contribution in [3.63, 3.8) is 0 Å². The normalized spacial score (nSPS) is 14.6. The number of allylic oxidation sites excluding steroid dienone is 1. The van der Waals surface area contributed by atoms with Gasteiger partial charge in [-0.25, -0.2) is 0 Å². The van der Waals surface area contributed by atoms with Crippen LogP contribution in [0.15, 0.2) is 43.0 Å². The molecule has 3 heteroatoms. The zero-order chi connectivity index (χ0) is 15.5. The zero-order valence-corrected chi connectivity index (χ0v) is 12.5. The summed E-state index contributed by atoms with van der Waals surface area (Å²) in [4.78, 5) is 0. The summed E-state index contributed by atoms with van der Waals surface area (Å²) in [6.45, 7) is 5.68. The number of aliphatic hydroxyl groups is 2. The van der Waals surface area contributed by atoms with E-state index >= 15 is 0 Å². The highest BCUT2D eigenvalue weighted by Gasteiger charge is 2.25.